The van der Waals surface area contributed by atoms with E-state index in [1.54, 1.807) is 18.5 Å². The van der Waals surface area contributed by atoms with Crippen LogP contribution in [0.3, 0.4) is 0 Å². The zero-order valence-electron chi connectivity index (χ0n) is 12.3. The van der Waals surface area contributed by atoms with Gasteiger partial charge in [0.2, 0.25) is 0 Å². The van der Waals surface area contributed by atoms with Crippen molar-refractivity contribution in [3.63, 3.8) is 0 Å². The highest BCUT2D eigenvalue weighted by molar-refractivity contribution is 9.10. The fourth-order valence-corrected chi connectivity index (χ4v) is 2.15. The summed E-state index contributed by atoms with van der Waals surface area (Å²) in [6.45, 7) is 6.06. The number of hydrogen-bond acceptors (Lipinski definition) is 3. The van der Waals surface area contributed by atoms with Crippen molar-refractivity contribution >= 4 is 33.2 Å². The van der Waals surface area contributed by atoms with Crippen LogP contribution in [0.2, 0.25) is 0 Å². The van der Waals surface area contributed by atoms with Gasteiger partial charge in [0, 0.05) is 28.6 Å². The van der Waals surface area contributed by atoms with Gasteiger partial charge in [0.15, 0.2) is 0 Å². The van der Waals surface area contributed by atoms with Gasteiger partial charge in [-0.1, -0.05) is 15.9 Å². The van der Waals surface area contributed by atoms with Gasteiger partial charge in [-0.2, -0.15) is 0 Å². The molecule has 1 aromatic carbocycles. The molecule has 0 atom stereocenters. The molecule has 0 spiro atoms. The summed E-state index contributed by atoms with van der Waals surface area (Å²) in [5, 5.41) is 6.11. The lowest BCUT2D eigenvalue weighted by Gasteiger charge is -2.11. The van der Waals surface area contributed by atoms with Gasteiger partial charge in [-0.05, 0) is 50.6 Å². The summed E-state index contributed by atoms with van der Waals surface area (Å²) in [6, 6.07) is 7.79. The van der Waals surface area contributed by atoms with E-state index in [1.807, 2.05) is 39.0 Å². The monoisotopic (exact) mass is 347 g/mol. The fraction of sp³-hybridized carbons (Fsp3) is 0.250. The maximum Gasteiger partial charge on any atom is 0.257 e. The van der Waals surface area contributed by atoms with E-state index in [0.717, 1.165) is 21.4 Å². The molecular formula is C16H18BrN3O. The normalized spacial score (nSPS) is 10.5. The molecule has 2 N–H and O–H groups in total. The first-order chi connectivity index (χ1) is 9.95. The zero-order valence-corrected chi connectivity index (χ0v) is 13.9. The maximum absolute atomic E-state index is 12.3. The van der Waals surface area contributed by atoms with E-state index in [2.05, 4.69) is 31.5 Å². The number of aromatic nitrogens is 1. The zero-order chi connectivity index (χ0) is 15.4. The lowest BCUT2D eigenvalue weighted by atomic mass is 10.2. The molecule has 0 unspecified atom stereocenters. The Kier molecular flexibility index (Phi) is 4.96. The fourth-order valence-electron chi connectivity index (χ4n) is 1.90. The van der Waals surface area contributed by atoms with Crippen molar-refractivity contribution in [3.8, 4) is 0 Å². The van der Waals surface area contributed by atoms with E-state index in [0.29, 0.717) is 11.6 Å². The van der Waals surface area contributed by atoms with Crippen LogP contribution >= 0.6 is 15.9 Å². The number of pyridine rings is 1. The van der Waals surface area contributed by atoms with Crippen LogP contribution in [0.1, 0.15) is 29.8 Å². The van der Waals surface area contributed by atoms with Crippen molar-refractivity contribution in [2.45, 2.75) is 26.8 Å². The molecule has 1 heterocycles. The van der Waals surface area contributed by atoms with E-state index in [-0.39, 0.29) is 5.91 Å². The third kappa shape index (κ3) is 4.29. The van der Waals surface area contributed by atoms with Gasteiger partial charge in [-0.25, -0.2) is 0 Å². The molecule has 0 saturated carbocycles. The van der Waals surface area contributed by atoms with Crippen LogP contribution in [0.4, 0.5) is 11.4 Å². The quantitative estimate of drug-likeness (QED) is 0.870. The van der Waals surface area contributed by atoms with Crippen molar-refractivity contribution < 1.29 is 4.79 Å². The summed E-state index contributed by atoms with van der Waals surface area (Å²) in [7, 11) is 0. The molecule has 110 valence electrons. The second-order valence-corrected chi connectivity index (χ2v) is 6.03. The van der Waals surface area contributed by atoms with Crippen LogP contribution in [0.25, 0.3) is 0 Å². The maximum atomic E-state index is 12.3. The van der Waals surface area contributed by atoms with Gasteiger partial charge in [0.05, 0.1) is 11.3 Å². The van der Waals surface area contributed by atoms with Gasteiger partial charge in [-0.3, -0.25) is 9.78 Å². The summed E-state index contributed by atoms with van der Waals surface area (Å²) in [5.41, 5.74) is 3.20. The largest absolute Gasteiger partial charge is 0.382 e. The smallest absolute Gasteiger partial charge is 0.257 e. The topological polar surface area (TPSA) is 54.0 Å². The number of nitrogens with zero attached hydrogens (tertiary/aromatic N) is 1. The van der Waals surface area contributed by atoms with Crippen LogP contribution in [-0.4, -0.2) is 16.9 Å². The number of aryl methyl sites for hydroxylation is 1. The van der Waals surface area contributed by atoms with Crippen LogP contribution in [0, 0.1) is 6.92 Å². The average molecular weight is 348 g/mol. The number of carbonyl (C=O) groups is 1. The first-order valence-electron chi connectivity index (χ1n) is 6.75. The molecule has 0 aliphatic rings. The summed E-state index contributed by atoms with van der Waals surface area (Å²) in [5.74, 6) is -0.170. The standard InChI is InChI=1S/C16H18BrN3O/c1-10(2)19-14-7-12(8-18-9-14)16(21)20-13-4-5-15(17)11(3)6-13/h4-10,19H,1-3H3,(H,20,21). The van der Waals surface area contributed by atoms with Gasteiger partial charge in [0.1, 0.15) is 0 Å². The summed E-state index contributed by atoms with van der Waals surface area (Å²) < 4.78 is 1.02. The lowest BCUT2D eigenvalue weighted by molar-refractivity contribution is 0.102. The summed E-state index contributed by atoms with van der Waals surface area (Å²) >= 11 is 3.44. The molecule has 5 heteroatoms. The molecular weight excluding hydrogens is 330 g/mol. The van der Waals surface area contributed by atoms with E-state index < -0.39 is 0 Å². The van der Waals surface area contributed by atoms with E-state index in [4.69, 9.17) is 0 Å². The van der Waals surface area contributed by atoms with Crippen molar-refractivity contribution in [3.05, 3.63) is 52.3 Å². The molecule has 0 radical (unpaired) electrons. The predicted octanol–water partition coefficient (Wildman–Crippen LogP) is 4.23. The van der Waals surface area contributed by atoms with Crippen LogP contribution < -0.4 is 10.6 Å². The van der Waals surface area contributed by atoms with Gasteiger partial charge < -0.3 is 10.6 Å². The van der Waals surface area contributed by atoms with Crippen molar-refractivity contribution in [1.82, 2.24) is 4.98 Å². The molecule has 0 fully saturated rings. The van der Waals surface area contributed by atoms with Crippen LogP contribution in [-0.2, 0) is 0 Å². The average Bonchev–Trinajstić information content (AvgIpc) is 2.42. The third-order valence-electron chi connectivity index (χ3n) is 2.87. The molecule has 0 aliphatic heterocycles. The number of carbonyl (C=O) groups excluding carboxylic acids is 1. The van der Waals surface area contributed by atoms with Gasteiger partial charge >= 0.3 is 0 Å². The second kappa shape index (κ2) is 6.72. The van der Waals surface area contributed by atoms with Crippen LogP contribution in [0.15, 0.2) is 41.1 Å². The molecule has 1 aromatic heterocycles. The SMILES string of the molecule is Cc1cc(NC(=O)c2cncc(NC(C)C)c2)ccc1Br. The Balaban J connectivity index is 2.14. The van der Waals surface area contributed by atoms with Gasteiger partial charge in [-0.15, -0.1) is 0 Å². The Morgan fingerprint density at radius 3 is 2.62 bits per heavy atom. The van der Waals surface area contributed by atoms with Crippen molar-refractivity contribution in [1.29, 1.82) is 0 Å². The van der Waals surface area contributed by atoms with Crippen molar-refractivity contribution in [2.24, 2.45) is 0 Å². The minimum Gasteiger partial charge on any atom is -0.382 e. The number of halogens is 1. The first kappa shape index (κ1) is 15.5. The minimum atomic E-state index is -0.170. The number of benzene rings is 1. The van der Waals surface area contributed by atoms with Gasteiger partial charge in [0.25, 0.3) is 5.91 Å². The van der Waals surface area contributed by atoms with Crippen LogP contribution in [0.5, 0.6) is 0 Å². The highest BCUT2D eigenvalue weighted by Crippen LogP contribution is 2.20. The number of anilines is 2. The predicted molar refractivity (Wildman–Crippen MR) is 89.8 cm³/mol. The molecule has 1 amide bonds. The van der Waals surface area contributed by atoms with Crippen molar-refractivity contribution in [2.75, 3.05) is 10.6 Å². The number of hydrogen-bond donors (Lipinski definition) is 2. The second-order valence-electron chi connectivity index (χ2n) is 5.18. The molecule has 2 rings (SSSR count). The molecule has 0 aliphatic carbocycles. The highest BCUT2D eigenvalue weighted by Gasteiger charge is 2.08. The van der Waals surface area contributed by atoms with E-state index in [9.17, 15) is 4.79 Å². The van der Waals surface area contributed by atoms with E-state index in [1.165, 1.54) is 0 Å². The number of rotatable bonds is 4. The first-order valence-corrected chi connectivity index (χ1v) is 7.54. The van der Waals surface area contributed by atoms with E-state index >= 15 is 0 Å². The summed E-state index contributed by atoms with van der Waals surface area (Å²) in [4.78, 5) is 16.4. The highest BCUT2D eigenvalue weighted by atomic mass is 79.9. The Bertz CT molecular complexity index is 656. The Hall–Kier alpha value is -1.88. The number of amides is 1. The minimum absolute atomic E-state index is 0.170. The molecule has 2 aromatic rings. The lowest BCUT2D eigenvalue weighted by Crippen LogP contribution is -2.14. The number of nitrogens with one attached hydrogen (secondary N) is 2. The molecule has 21 heavy (non-hydrogen) atoms. The Morgan fingerprint density at radius 1 is 1.19 bits per heavy atom. The Morgan fingerprint density at radius 2 is 1.95 bits per heavy atom. The molecule has 0 bridgehead atoms. The third-order valence-corrected chi connectivity index (χ3v) is 3.76. The molecule has 0 saturated heterocycles. The summed E-state index contributed by atoms with van der Waals surface area (Å²) in [6.07, 6.45) is 3.27. The Labute approximate surface area is 133 Å². The molecule has 4 nitrogen and oxygen atoms in total.